The molecule has 0 aliphatic carbocycles. The Hall–Kier alpha value is -0.610. The van der Waals surface area contributed by atoms with Crippen LogP contribution in [0.25, 0.3) is 0 Å². The van der Waals surface area contributed by atoms with Crippen molar-refractivity contribution in [1.29, 1.82) is 0 Å². The molecule has 4 nitrogen and oxygen atoms in total. The van der Waals surface area contributed by atoms with Crippen LogP contribution in [0.4, 0.5) is 0 Å². The molecule has 0 aromatic heterocycles. The van der Waals surface area contributed by atoms with Crippen molar-refractivity contribution in [2.24, 2.45) is 0 Å². The molecule has 0 saturated carbocycles. The van der Waals surface area contributed by atoms with Gasteiger partial charge < -0.3 is 10.0 Å². The average Bonchev–Trinajstić information content (AvgIpc) is 2.61. The summed E-state index contributed by atoms with van der Waals surface area (Å²) in [5, 5.41) is 9.39. The van der Waals surface area contributed by atoms with Crippen molar-refractivity contribution in [2.75, 3.05) is 33.7 Å². The molecule has 0 aromatic carbocycles. The van der Waals surface area contributed by atoms with Gasteiger partial charge in [0.2, 0.25) is 0 Å². The van der Waals surface area contributed by atoms with Gasteiger partial charge in [0.15, 0.2) is 0 Å². The summed E-state index contributed by atoms with van der Waals surface area (Å²) in [5.41, 5.74) is -0.577. The van der Waals surface area contributed by atoms with Gasteiger partial charge in [-0.3, -0.25) is 9.69 Å². The third-order valence-corrected chi connectivity index (χ3v) is 3.64. The first-order chi connectivity index (χ1) is 7.53. The molecule has 0 spiro atoms. The fourth-order valence-corrected chi connectivity index (χ4v) is 2.63. The summed E-state index contributed by atoms with van der Waals surface area (Å²) in [4.78, 5) is 15.7. The minimum absolute atomic E-state index is 0.577. The third-order valence-electron chi connectivity index (χ3n) is 3.64. The van der Waals surface area contributed by atoms with Crippen LogP contribution in [0.15, 0.2) is 0 Å². The van der Waals surface area contributed by atoms with E-state index < -0.39 is 11.5 Å². The lowest BCUT2D eigenvalue weighted by Crippen LogP contribution is -2.50. The molecular formula is C12H24N2O2. The van der Waals surface area contributed by atoms with Gasteiger partial charge in [0, 0.05) is 6.54 Å². The molecule has 0 radical (unpaired) electrons. The Morgan fingerprint density at radius 1 is 1.50 bits per heavy atom. The van der Waals surface area contributed by atoms with Crippen molar-refractivity contribution >= 4 is 5.97 Å². The van der Waals surface area contributed by atoms with E-state index in [2.05, 4.69) is 9.80 Å². The fourth-order valence-electron chi connectivity index (χ4n) is 2.63. The largest absolute Gasteiger partial charge is 0.480 e. The molecular weight excluding hydrogens is 204 g/mol. The van der Waals surface area contributed by atoms with E-state index in [-0.39, 0.29) is 0 Å². The molecule has 94 valence electrons. The summed E-state index contributed by atoms with van der Waals surface area (Å²) >= 11 is 0. The van der Waals surface area contributed by atoms with E-state index in [4.69, 9.17) is 0 Å². The Morgan fingerprint density at radius 3 is 2.69 bits per heavy atom. The first-order valence-corrected chi connectivity index (χ1v) is 6.16. The maximum Gasteiger partial charge on any atom is 0.324 e. The number of carboxylic acids is 1. The predicted molar refractivity (Wildman–Crippen MR) is 64.6 cm³/mol. The Labute approximate surface area is 98.2 Å². The van der Waals surface area contributed by atoms with Crippen LogP contribution >= 0.6 is 0 Å². The standard InChI is InChI=1S/C12H24N2O2/c1-4-12(11(15)16)7-5-9-14(12)10-6-8-13(2)3/h4-10H2,1-3H3,(H,15,16). The van der Waals surface area contributed by atoms with Gasteiger partial charge in [0.25, 0.3) is 0 Å². The van der Waals surface area contributed by atoms with E-state index in [1.165, 1.54) is 0 Å². The first kappa shape index (κ1) is 13.5. The molecule has 1 atom stereocenters. The van der Waals surface area contributed by atoms with Gasteiger partial charge in [-0.1, -0.05) is 6.92 Å². The predicted octanol–water partition coefficient (Wildman–Crippen LogP) is 1.27. The van der Waals surface area contributed by atoms with Crippen LogP contribution in [-0.2, 0) is 4.79 Å². The highest BCUT2D eigenvalue weighted by Gasteiger charge is 2.45. The Bertz CT molecular complexity index is 243. The topological polar surface area (TPSA) is 43.8 Å². The van der Waals surface area contributed by atoms with Crippen LogP contribution in [-0.4, -0.2) is 60.1 Å². The van der Waals surface area contributed by atoms with Crippen molar-refractivity contribution in [1.82, 2.24) is 9.80 Å². The second-order valence-corrected chi connectivity index (χ2v) is 4.94. The molecule has 1 rings (SSSR count). The minimum Gasteiger partial charge on any atom is -0.480 e. The van der Waals surface area contributed by atoms with E-state index in [0.29, 0.717) is 6.42 Å². The normalized spacial score (nSPS) is 26.5. The zero-order chi connectivity index (χ0) is 12.2. The lowest BCUT2D eigenvalue weighted by molar-refractivity contribution is -0.150. The van der Waals surface area contributed by atoms with E-state index in [1.54, 1.807) is 0 Å². The summed E-state index contributed by atoms with van der Waals surface area (Å²) in [6.45, 7) is 4.85. The van der Waals surface area contributed by atoms with Crippen LogP contribution in [0.5, 0.6) is 0 Å². The van der Waals surface area contributed by atoms with Crippen LogP contribution in [0.1, 0.15) is 32.6 Å². The smallest absolute Gasteiger partial charge is 0.324 e. The van der Waals surface area contributed by atoms with E-state index >= 15 is 0 Å². The zero-order valence-corrected chi connectivity index (χ0v) is 10.7. The van der Waals surface area contributed by atoms with Gasteiger partial charge in [-0.25, -0.2) is 0 Å². The minimum atomic E-state index is -0.641. The van der Waals surface area contributed by atoms with Crippen molar-refractivity contribution in [3.05, 3.63) is 0 Å². The van der Waals surface area contributed by atoms with Crippen LogP contribution < -0.4 is 0 Å². The average molecular weight is 228 g/mol. The Balaban J connectivity index is 2.54. The number of likely N-dealkylation sites (tertiary alicyclic amines) is 1. The van der Waals surface area contributed by atoms with Gasteiger partial charge in [0.1, 0.15) is 5.54 Å². The summed E-state index contributed by atoms with van der Waals surface area (Å²) in [5.74, 6) is -0.641. The fraction of sp³-hybridized carbons (Fsp3) is 0.917. The number of nitrogens with zero attached hydrogens (tertiary/aromatic N) is 2. The monoisotopic (exact) mass is 228 g/mol. The number of carboxylic acid groups (broad SMARTS) is 1. The summed E-state index contributed by atoms with van der Waals surface area (Å²) in [7, 11) is 4.10. The van der Waals surface area contributed by atoms with Gasteiger partial charge in [-0.2, -0.15) is 0 Å². The quantitative estimate of drug-likeness (QED) is 0.743. The summed E-state index contributed by atoms with van der Waals surface area (Å²) < 4.78 is 0. The van der Waals surface area contributed by atoms with Gasteiger partial charge in [-0.05, 0) is 52.9 Å². The molecule has 0 bridgehead atoms. The van der Waals surface area contributed by atoms with Crippen molar-refractivity contribution in [3.8, 4) is 0 Å². The molecule has 1 heterocycles. The maximum atomic E-state index is 11.4. The van der Waals surface area contributed by atoms with E-state index in [1.807, 2.05) is 21.0 Å². The lowest BCUT2D eigenvalue weighted by Gasteiger charge is -2.34. The van der Waals surface area contributed by atoms with Crippen LogP contribution in [0.3, 0.4) is 0 Å². The number of carbonyl (C=O) groups is 1. The third kappa shape index (κ3) is 2.74. The van der Waals surface area contributed by atoms with Crippen molar-refractivity contribution in [3.63, 3.8) is 0 Å². The lowest BCUT2D eigenvalue weighted by atomic mass is 9.93. The molecule has 0 aromatic rings. The molecule has 4 heteroatoms. The van der Waals surface area contributed by atoms with Gasteiger partial charge in [0.05, 0.1) is 0 Å². The highest BCUT2D eigenvalue weighted by atomic mass is 16.4. The van der Waals surface area contributed by atoms with Gasteiger partial charge in [-0.15, -0.1) is 0 Å². The summed E-state index contributed by atoms with van der Waals surface area (Å²) in [6.07, 6.45) is 3.58. The van der Waals surface area contributed by atoms with Crippen molar-refractivity contribution in [2.45, 2.75) is 38.1 Å². The molecule has 1 fully saturated rings. The molecule has 1 aliphatic heterocycles. The second-order valence-electron chi connectivity index (χ2n) is 4.94. The zero-order valence-electron chi connectivity index (χ0n) is 10.7. The van der Waals surface area contributed by atoms with E-state index in [0.717, 1.165) is 38.9 Å². The maximum absolute atomic E-state index is 11.4. The van der Waals surface area contributed by atoms with Crippen molar-refractivity contribution < 1.29 is 9.90 Å². The SMILES string of the molecule is CCC1(C(=O)O)CCCN1CCCN(C)C. The number of hydrogen-bond acceptors (Lipinski definition) is 3. The Kier molecular flexibility index (Phi) is 4.74. The highest BCUT2D eigenvalue weighted by Crippen LogP contribution is 2.32. The first-order valence-electron chi connectivity index (χ1n) is 6.16. The second kappa shape index (κ2) is 5.64. The van der Waals surface area contributed by atoms with Crippen LogP contribution in [0, 0.1) is 0 Å². The highest BCUT2D eigenvalue weighted by molar-refractivity contribution is 5.79. The Morgan fingerprint density at radius 2 is 2.19 bits per heavy atom. The van der Waals surface area contributed by atoms with E-state index in [9.17, 15) is 9.90 Å². The number of aliphatic carboxylic acids is 1. The molecule has 1 aliphatic rings. The van der Waals surface area contributed by atoms with Crippen LogP contribution in [0.2, 0.25) is 0 Å². The summed E-state index contributed by atoms with van der Waals surface area (Å²) in [6, 6.07) is 0. The molecule has 0 amide bonds. The molecule has 16 heavy (non-hydrogen) atoms. The number of hydrogen-bond donors (Lipinski definition) is 1. The van der Waals surface area contributed by atoms with Gasteiger partial charge >= 0.3 is 5.97 Å². The molecule has 1 N–H and O–H groups in total. The molecule has 1 saturated heterocycles. The number of rotatable bonds is 6. The molecule has 1 unspecified atom stereocenters.